The van der Waals surface area contributed by atoms with Gasteiger partial charge in [0.25, 0.3) is 0 Å². The van der Waals surface area contributed by atoms with Gasteiger partial charge in [-0.2, -0.15) is 0 Å². The first-order valence-electron chi connectivity index (χ1n) is 11.8. The molecule has 0 spiro atoms. The maximum Gasteiger partial charge on any atom is 0.410 e. The van der Waals surface area contributed by atoms with Gasteiger partial charge in [0.2, 0.25) is 0 Å². The first-order valence-corrected chi connectivity index (χ1v) is 11.8. The zero-order valence-corrected chi connectivity index (χ0v) is 19.9. The molecule has 3 N–H and O–H groups in total. The predicted octanol–water partition coefficient (Wildman–Crippen LogP) is 4.24. The lowest BCUT2D eigenvalue weighted by Gasteiger charge is -2.34. The zero-order chi connectivity index (χ0) is 26.2. The predicted molar refractivity (Wildman–Crippen MR) is 122 cm³/mol. The molecule has 0 aromatic heterocycles. The van der Waals surface area contributed by atoms with Crippen molar-refractivity contribution in [1.82, 2.24) is 10.2 Å². The first-order chi connectivity index (χ1) is 17.2. The number of amides is 1. The van der Waals surface area contributed by atoms with Gasteiger partial charge in [-0.15, -0.1) is 0 Å². The van der Waals surface area contributed by atoms with Crippen LogP contribution in [0.25, 0.3) is 0 Å². The molecule has 1 unspecified atom stereocenters. The van der Waals surface area contributed by atoms with Gasteiger partial charge in [0.05, 0.1) is 18.8 Å². The molecule has 11 heteroatoms. The summed E-state index contributed by atoms with van der Waals surface area (Å²) < 4.78 is 63.9. The molecule has 2 aromatic rings. The number of aromatic hydroxyl groups is 1. The number of aliphatic hydroxyl groups is 1. The molecule has 2 aliphatic rings. The fourth-order valence-electron chi connectivity index (χ4n) is 3.62. The van der Waals surface area contributed by atoms with Gasteiger partial charge in [0.1, 0.15) is 41.4 Å². The number of rotatable bonds is 7. The van der Waals surface area contributed by atoms with Crippen LogP contribution in [0.15, 0.2) is 24.3 Å². The van der Waals surface area contributed by atoms with Crippen molar-refractivity contribution >= 4 is 6.09 Å². The van der Waals surface area contributed by atoms with Crippen LogP contribution in [-0.4, -0.2) is 53.5 Å². The minimum atomic E-state index is -0.940. The van der Waals surface area contributed by atoms with E-state index in [0.717, 1.165) is 43.5 Å². The lowest BCUT2D eigenvalue weighted by Crippen LogP contribution is -2.53. The molecule has 0 bridgehead atoms. The summed E-state index contributed by atoms with van der Waals surface area (Å²) in [7, 11) is 0. The van der Waals surface area contributed by atoms with Crippen LogP contribution in [-0.2, 0) is 18.0 Å². The van der Waals surface area contributed by atoms with E-state index < -0.39 is 53.9 Å². The van der Waals surface area contributed by atoms with Crippen molar-refractivity contribution in [2.75, 3.05) is 26.2 Å². The Bertz CT molecular complexity index is 1010. The third-order valence-electron chi connectivity index (χ3n) is 5.98. The Kier molecular flexibility index (Phi) is 9.77. The number of carbonyl (C=O) groups is 1. The average Bonchev–Trinajstić information content (AvgIpc) is 3.67. The largest absolute Gasteiger partial charge is 0.508 e. The number of piperazine rings is 1. The summed E-state index contributed by atoms with van der Waals surface area (Å²) in [5, 5.41) is 20.3. The number of nitrogens with zero attached hydrogens (tertiary/aromatic N) is 1. The van der Waals surface area contributed by atoms with E-state index in [1.165, 1.54) is 0 Å². The van der Waals surface area contributed by atoms with Crippen LogP contribution in [0.2, 0.25) is 0 Å². The molecule has 0 radical (unpaired) electrons. The smallest absolute Gasteiger partial charge is 0.410 e. The number of hydrogen-bond donors (Lipinski definition) is 3. The van der Waals surface area contributed by atoms with E-state index in [9.17, 15) is 22.4 Å². The van der Waals surface area contributed by atoms with E-state index in [2.05, 4.69) is 5.32 Å². The maximum atomic E-state index is 14.2. The minimum absolute atomic E-state index is 0.0362. The highest BCUT2D eigenvalue weighted by molar-refractivity contribution is 5.68. The van der Waals surface area contributed by atoms with Crippen LogP contribution in [0.1, 0.15) is 37.3 Å². The molecule has 36 heavy (non-hydrogen) atoms. The molecule has 198 valence electrons. The quantitative estimate of drug-likeness (QED) is 0.479. The highest BCUT2D eigenvalue weighted by Gasteiger charge is 2.27. The molecule has 2 fully saturated rings. The molecule has 1 heterocycles. The Labute approximate surface area is 206 Å². The van der Waals surface area contributed by atoms with E-state index in [-0.39, 0.29) is 17.4 Å². The standard InChI is InChI=1S/C18H24F2N2O3.C7H6F2O2/c1-2-13-9-21-5-6-22(13)18(23)25-11-15-16(19)7-14(8-17(15)20)24-10-12-3-4-12;8-6-1-4(11)2-7(9)5(6)3-10/h7-8,12-13,21H,2-6,9-11H2,1H3;1-2,10-11H,3H2. The summed E-state index contributed by atoms with van der Waals surface area (Å²) in [5.74, 6) is -3.22. The topological polar surface area (TPSA) is 91.3 Å². The maximum absolute atomic E-state index is 14.2. The summed E-state index contributed by atoms with van der Waals surface area (Å²) in [6.45, 7) is 3.23. The highest BCUT2D eigenvalue weighted by Crippen LogP contribution is 2.30. The molecular formula is C25H30F4N2O5. The van der Waals surface area contributed by atoms with Gasteiger partial charge in [-0.3, -0.25) is 0 Å². The van der Waals surface area contributed by atoms with Gasteiger partial charge in [-0.05, 0) is 25.2 Å². The summed E-state index contributed by atoms with van der Waals surface area (Å²) in [5.41, 5.74) is -0.682. The van der Waals surface area contributed by atoms with E-state index in [1.807, 2.05) is 6.92 Å². The Morgan fingerprint density at radius 1 is 1.06 bits per heavy atom. The van der Waals surface area contributed by atoms with Gasteiger partial charge in [0.15, 0.2) is 0 Å². The van der Waals surface area contributed by atoms with E-state index in [4.69, 9.17) is 19.7 Å². The number of halogens is 4. The molecule has 1 amide bonds. The molecular weight excluding hydrogens is 484 g/mol. The van der Waals surface area contributed by atoms with Gasteiger partial charge in [-0.25, -0.2) is 22.4 Å². The SMILES string of the molecule is CCC1CNCCN1C(=O)OCc1c(F)cc(OCC2CC2)cc1F.OCc1c(F)cc(O)cc1F. The van der Waals surface area contributed by atoms with Crippen molar-refractivity contribution in [3.63, 3.8) is 0 Å². The van der Waals surface area contributed by atoms with Crippen LogP contribution in [0.4, 0.5) is 22.4 Å². The Balaban J connectivity index is 0.000000275. The van der Waals surface area contributed by atoms with Crippen LogP contribution < -0.4 is 10.1 Å². The molecule has 1 saturated carbocycles. The second-order valence-electron chi connectivity index (χ2n) is 8.68. The highest BCUT2D eigenvalue weighted by atomic mass is 19.1. The normalized spacial score (nSPS) is 17.3. The van der Waals surface area contributed by atoms with Crippen LogP contribution in [0.3, 0.4) is 0 Å². The molecule has 2 aromatic carbocycles. The average molecular weight is 515 g/mol. The summed E-state index contributed by atoms with van der Waals surface area (Å²) >= 11 is 0. The van der Waals surface area contributed by atoms with Crippen molar-refractivity contribution in [1.29, 1.82) is 0 Å². The van der Waals surface area contributed by atoms with Crippen molar-refractivity contribution in [2.24, 2.45) is 5.92 Å². The monoisotopic (exact) mass is 514 g/mol. The van der Waals surface area contributed by atoms with Crippen LogP contribution in [0, 0.1) is 29.2 Å². The lowest BCUT2D eigenvalue weighted by atomic mass is 10.1. The van der Waals surface area contributed by atoms with Crippen molar-refractivity contribution < 1.29 is 42.0 Å². The van der Waals surface area contributed by atoms with Gasteiger partial charge >= 0.3 is 6.09 Å². The molecule has 1 atom stereocenters. The number of hydrogen-bond acceptors (Lipinski definition) is 6. The molecule has 4 rings (SSSR count). The summed E-state index contributed by atoms with van der Waals surface area (Å²) in [4.78, 5) is 13.8. The number of phenols is 1. The fourth-order valence-corrected chi connectivity index (χ4v) is 3.62. The Morgan fingerprint density at radius 2 is 1.67 bits per heavy atom. The third kappa shape index (κ3) is 7.47. The Hall–Kier alpha value is -3.05. The van der Waals surface area contributed by atoms with E-state index in [1.54, 1.807) is 4.90 Å². The lowest BCUT2D eigenvalue weighted by molar-refractivity contribution is 0.0699. The van der Waals surface area contributed by atoms with Gasteiger partial charge < -0.3 is 29.9 Å². The van der Waals surface area contributed by atoms with Gasteiger partial charge in [-0.1, -0.05) is 6.92 Å². The van der Waals surface area contributed by atoms with Crippen molar-refractivity contribution in [3.05, 3.63) is 58.7 Å². The number of benzene rings is 2. The first kappa shape index (κ1) is 27.5. The number of aliphatic hydroxyl groups excluding tert-OH is 1. The van der Waals surface area contributed by atoms with Crippen molar-refractivity contribution in [2.45, 2.75) is 45.4 Å². The number of carbonyl (C=O) groups excluding carboxylic acids is 1. The fraction of sp³-hybridized carbons (Fsp3) is 0.480. The van der Waals surface area contributed by atoms with Crippen LogP contribution >= 0.6 is 0 Å². The van der Waals surface area contributed by atoms with E-state index >= 15 is 0 Å². The minimum Gasteiger partial charge on any atom is -0.508 e. The van der Waals surface area contributed by atoms with Gasteiger partial charge in [0, 0.05) is 55.5 Å². The second-order valence-corrected chi connectivity index (χ2v) is 8.68. The summed E-state index contributed by atoms with van der Waals surface area (Å²) in [6, 6.07) is 3.82. The van der Waals surface area contributed by atoms with E-state index in [0.29, 0.717) is 32.2 Å². The number of ether oxygens (including phenoxy) is 2. The van der Waals surface area contributed by atoms with Crippen molar-refractivity contribution in [3.8, 4) is 11.5 Å². The molecule has 7 nitrogen and oxygen atoms in total. The second kappa shape index (κ2) is 12.8. The molecule has 1 saturated heterocycles. The number of phenolic OH excluding ortho intramolecular Hbond substituents is 1. The van der Waals surface area contributed by atoms with Crippen LogP contribution in [0.5, 0.6) is 11.5 Å². The third-order valence-corrected chi connectivity index (χ3v) is 5.98. The molecule has 1 aliphatic carbocycles. The zero-order valence-electron chi connectivity index (χ0n) is 19.9. The summed E-state index contributed by atoms with van der Waals surface area (Å²) in [6.07, 6.45) is 2.45. The number of nitrogens with one attached hydrogen (secondary N) is 1. The Morgan fingerprint density at radius 3 is 2.22 bits per heavy atom. The molecule has 1 aliphatic heterocycles.